The summed E-state index contributed by atoms with van der Waals surface area (Å²) in [6.07, 6.45) is 6.99. The monoisotopic (exact) mass is 318 g/mol. The van der Waals surface area contributed by atoms with Crippen LogP contribution in [-0.4, -0.2) is 24.3 Å². The van der Waals surface area contributed by atoms with Crippen LogP contribution in [0.3, 0.4) is 0 Å². The molecular weight excluding hydrogens is 292 g/mol. The number of nitrogens with two attached hydrogens (primary N) is 1. The van der Waals surface area contributed by atoms with Gasteiger partial charge in [-0.05, 0) is 37.5 Å². The molecule has 0 spiro atoms. The van der Waals surface area contributed by atoms with Crippen molar-refractivity contribution in [1.82, 2.24) is 5.32 Å². The van der Waals surface area contributed by atoms with E-state index in [1.807, 2.05) is 6.92 Å². The fourth-order valence-corrected chi connectivity index (χ4v) is 2.88. The van der Waals surface area contributed by atoms with Crippen LogP contribution >= 0.6 is 0 Å². The van der Waals surface area contributed by atoms with Crippen molar-refractivity contribution in [3.63, 3.8) is 0 Å². The Morgan fingerprint density at radius 3 is 2.65 bits per heavy atom. The lowest BCUT2D eigenvalue weighted by Crippen LogP contribution is -2.39. The first-order chi connectivity index (χ1) is 11.1. The molecule has 1 aromatic carbocycles. The number of carbonyl (C=O) groups excluding carboxylic acids is 2. The van der Waals surface area contributed by atoms with Crippen molar-refractivity contribution >= 4 is 17.4 Å². The molecule has 0 radical (unpaired) electrons. The molecule has 2 rings (SSSR count). The van der Waals surface area contributed by atoms with Crippen LogP contribution in [0.2, 0.25) is 0 Å². The van der Waals surface area contributed by atoms with Gasteiger partial charge in [-0.2, -0.15) is 0 Å². The van der Waals surface area contributed by atoms with Crippen molar-refractivity contribution < 1.29 is 14.3 Å². The SMILES string of the molecule is CCCC(=O)c1ccc(OCC(=O)NC2CCCCC2)c(N)c1. The summed E-state index contributed by atoms with van der Waals surface area (Å²) in [5.41, 5.74) is 6.89. The van der Waals surface area contributed by atoms with Gasteiger partial charge >= 0.3 is 0 Å². The first-order valence-electron chi connectivity index (χ1n) is 8.45. The van der Waals surface area contributed by atoms with E-state index in [0.717, 1.165) is 19.3 Å². The fourth-order valence-electron chi connectivity index (χ4n) is 2.88. The molecule has 126 valence electrons. The number of benzene rings is 1. The van der Waals surface area contributed by atoms with Gasteiger partial charge in [0.2, 0.25) is 0 Å². The number of nitrogen functional groups attached to an aromatic ring is 1. The molecule has 0 aliphatic heterocycles. The van der Waals surface area contributed by atoms with Crippen LogP contribution in [0.5, 0.6) is 5.75 Å². The third-order valence-electron chi connectivity index (χ3n) is 4.14. The zero-order chi connectivity index (χ0) is 16.7. The number of carbonyl (C=O) groups is 2. The van der Waals surface area contributed by atoms with Crippen LogP contribution in [0.15, 0.2) is 18.2 Å². The van der Waals surface area contributed by atoms with Gasteiger partial charge in [0.1, 0.15) is 5.75 Å². The molecule has 23 heavy (non-hydrogen) atoms. The predicted octanol–water partition coefficient (Wildman–Crippen LogP) is 3.08. The van der Waals surface area contributed by atoms with Crippen LogP contribution in [0, 0.1) is 0 Å². The second kappa shape index (κ2) is 8.56. The predicted molar refractivity (Wildman–Crippen MR) is 90.6 cm³/mol. The van der Waals surface area contributed by atoms with Crippen molar-refractivity contribution in [3.05, 3.63) is 23.8 Å². The van der Waals surface area contributed by atoms with Gasteiger partial charge in [0, 0.05) is 18.0 Å². The number of anilines is 1. The number of ether oxygens (including phenoxy) is 1. The van der Waals surface area contributed by atoms with E-state index >= 15 is 0 Å². The Morgan fingerprint density at radius 1 is 1.26 bits per heavy atom. The molecule has 3 N–H and O–H groups in total. The summed E-state index contributed by atoms with van der Waals surface area (Å²) in [6, 6.07) is 5.24. The van der Waals surface area contributed by atoms with Gasteiger partial charge in [0.15, 0.2) is 12.4 Å². The zero-order valence-electron chi connectivity index (χ0n) is 13.8. The van der Waals surface area contributed by atoms with E-state index in [-0.39, 0.29) is 24.3 Å². The highest BCUT2D eigenvalue weighted by Gasteiger charge is 2.16. The Labute approximate surface area is 137 Å². The van der Waals surface area contributed by atoms with E-state index in [2.05, 4.69) is 5.32 Å². The lowest BCUT2D eigenvalue weighted by molar-refractivity contribution is -0.124. The van der Waals surface area contributed by atoms with Gasteiger partial charge in [0.05, 0.1) is 5.69 Å². The number of amides is 1. The summed E-state index contributed by atoms with van der Waals surface area (Å²) in [4.78, 5) is 23.8. The quantitative estimate of drug-likeness (QED) is 0.598. The summed E-state index contributed by atoms with van der Waals surface area (Å²) >= 11 is 0. The molecule has 0 bridgehead atoms. The van der Waals surface area contributed by atoms with E-state index in [9.17, 15) is 9.59 Å². The lowest BCUT2D eigenvalue weighted by atomic mass is 9.95. The Hall–Kier alpha value is -2.04. The molecule has 1 aliphatic rings. The van der Waals surface area contributed by atoms with Crippen LogP contribution in [0.1, 0.15) is 62.2 Å². The van der Waals surface area contributed by atoms with E-state index in [1.165, 1.54) is 19.3 Å². The molecule has 5 heteroatoms. The average molecular weight is 318 g/mol. The molecule has 1 aliphatic carbocycles. The standard InChI is InChI=1S/C18H26N2O3/c1-2-6-16(21)13-9-10-17(15(19)11-13)23-12-18(22)20-14-7-4-3-5-8-14/h9-11,14H,2-8,12,19H2,1H3,(H,20,22). The van der Waals surface area contributed by atoms with Gasteiger partial charge in [0.25, 0.3) is 5.91 Å². The summed E-state index contributed by atoms with van der Waals surface area (Å²) < 4.78 is 5.49. The second-order valence-electron chi connectivity index (χ2n) is 6.12. The lowest BCUT2D eigenvalue weighted by Gasteiger charge is -2.22. The van der Waals surface area contributed by atoms with E-state index in [1.54, 1.807) is 18.2 Å². The number of hydrogen-bond acceptors (Lipinski definition) is 4. The summed E-state index contributed by atoms with van der Waals surface area (Å²) in [6.45, 7) is 1.91. The molecule has 0 unspecified atom stereocenters. The van der Waals surface area contributed by atoms with Crippen LogP contribution < -0.4 is 15.8 Å². The maximum Gasteiger partial charge on any atom is 0.258 e. The zero-order valence-corrected chi connectivity index (χ0v) is 13.8. The minimum atomic E-state index is -0.123. The fraction of sp³-hybridized carbons (Fsp3) is 0.556. The summed E-state index contributed by atoms with van der Waals surface area (Å²) in [7, 11) is 0. The Morgan fingerprint density at radius 2 is 2.00 bits per heavy atom. The Balaban J connectivity index is 1.85. The van der Waals surface area contributed by atoms with E-state index in [4.69, 9.17) is 10.5 Å². The van der Waals surface area contributed by atoms with E-state index in [0.29, 0.717) is 23.4 Å². The number of ketones is 1. The molecule has 1 amide bonds. The third-order valence-corrected chi connectivity index (χ3v) is 4.14. The second-order valence-corrected chi connectivity index (χ2v) is 6.12. The van der Waals surface area contributed by atoms with Crippen LogP contribution in [0.4, 0.5) is 5.69 Å². The smallest absolute Gasteiger partial charge is 0.258 e. The van der Waals surface area contributed by atoms with Crippen molar-refractivity contribution in [1.29, 1.82) is 0 Å². The molecule has 0 atom stereocenters. The molecule has 0 heterocycles. The number of rotatable bonds is 7. The molecule has 0 saturated heterocycles. The number of hydrogen-bond donors (Lipinski definition) is 2. The topological polar surface area (TPSA) is 81.4 Å². The van der Waals surface area contributed by atoms with Crippen molar-refractivity contribution in [2.75, 3.05) is 12.3 Å². The van der Waals surface area contributed by atoms with Gasteiger partial charge in [-0.25, -0.2) is 0 Å². The Kier molecular flexibility index (Phi) is 6.44. The molecular formula is C18H26N2O3. The van der Waals surface area contributed by atoms with Crippen molar-refractivity contribution in [2.24, 2.45) is 0 Å². The molecule has 5 nitrogen and oxygen atoms in total. The average Bonchev–Trinajstić information content (AvgIpc) is 2.55. The minimum absolute atomic E-state index is 0.0526. The number of nitrogens with one attached hydrogen (secondary N) is 1. The molecule has 1 saturated carbocycles. The maximum atomic E-state index is 11.9. The van der Waals surface area contributed by atoms with Gasteiger partial charge in [-0.1, -0.05) is 26.2 Å². The van der Waals surface area contributed by atoms with Gasteiger partial charge < -0.3 is 15.8 Å². The number of Topliss-reactive ketones (excluding diaryl/α,β-unsaturated/α-hetero) is 1. The maximum absolute atomic E-state index is 11.9. The van der Waals surface area contributed by atoms with Gasteiger partial charge in [-0.15, -0.1) is 0 Å². The summed E-state index contributed by atoms with van der Waals surface area (Å²) in [5, 5.41) is 3.00. The Bertz CT molecular complexity index is 551. The first-order valence-corrected chi connectivity index (χ1v) is 8.45. The summed E-state index contributed by atoms with van der Waals surface area (Å²) in [5.74, 6) is 0.389. The molecule has 1 aromatic rings. The third kappa shape index (κ3) is 5.27. The largest absolute Gasteiger partial charge is 0.482 e. The van der Waals surface area contributed by atoms with Crippen LogP contribution in [-0.2, 0) is 4.79 Å². The van der Waals surface area contributed by atoms with Crippen LogP contribution in [0.25, 0.3) is 0 Å². The highest BCUT2D eigenvalue weighted by atomic mass is 16.5. The van der Waals surface area contributed by atoms with Crippen molar-refractivity contribution in [3.8, 4) is 5.75 Å². The molecule has 0 aromatic heterocycles. The van der Waals surface area contributed by atoms with Gasteiger partial charge in [-0.3, -0.25) is 9.59 Å². The first kappa shape index (κ1) is 17.3. The van der Waals surface area contributed by atoms with E-state index < -0.39 is 0 Å². The highest BCUT2D eigenvalue weighted by Crippen LogP contribution is 2.23. The minimum Gasteiger partial charge on any atom is -0.482 e. The molecule has 1 fully saturated rings. The normalized spacial score (nSPS) is 15.2. The van der Waals surface area contributed by atoms with Crippen molar-refractivity contribution in [2.45, 2.75) is 57.9 Å². The highest BCUT2D eigenvalue weighted by molar-refractivity contribution is 5.97.